The average Bonchev–Trinajstić information content (AvgIpc) is 2.04. The first-order valence-electron chi connectivity index (χ1n) is 3.06. The molecule has 0 saturated carbocycles. The first-order chi connectivity index (χ1) is 5.61. The summed E-state index contributed by atoms with van der Waals surface area (Å²) in [6.45, 7) is 0. The van der Waals surface area contributed by atoms with Crippen molar-refractivity contribution in [3.8, 4) is 0 Å². The summed E-state index contributed by atoms with van der Waals surface area (Å²) in [5.41, 5.74) is 0.336. The van der Waals surface area contributed by atoms with E-state index in [4.69, 9.17) is 5.84 Å². The fraction of sp³-hybridized carbons (Fsp3) is 0. The number of hydrogen-bond acceptors (Lipinski definition) is 3. The molecule has 0 atom stereocenters. The van der Waals surface area contributed by atoms with Crippen molar-refractivity contribution in [2.24, 2.45) is 5.84 Å². The molecule has 1 aromatic carbocycles. The summed E-state index contributed by atoms with van der Waals surface area (Å²) in [6, 6.07) is 6.46. The fourth-order valence-electron chi connectivity index (χ4n) is 0.688. The number of nitrogens with zero attached hydrogens (tertiary/aromatic N) is 2. The summed E-state index contributed by atoms with van der Waals surface area (Å²) in [5, 5.41) is 9.95. The molecule has 5 nitrogen and oxygen atoms in total. The third kappa shape index (κ3) is 1.93. The van der Waals surface area contributed by atoms with E-state index in [0.717, 1.165) is 4.47 Å². The van der Waals surface area contributed by atoms with E-state index in [1.807, 2.05) is 0 Å². The van der Waals surface area contributed by atoms with Gasteiger partial charge in [0.05, 0.1) is 0 Å². The quantitative estimate of drug-likeness (QED) is 0.474. The maximum Gasteiger partial charge on any atom is 0.181 e. The number of halogens is 1. The SMILES string of the molecule is NN(c1ccc(Br)cc1)[N+](=O)[O-]. The largest absolute Gasteiger partial charge is 0.233 e. The van der Waals surface area contributed by atoms with Gasteiger partial charge < -0.3 is 0 Å². The lowest BCUT2D eigenvalue weighted by atomic mass is 10.3. The van der Waals surface area contributed by atoms with Crippen molar-refractivity contribution < 1.29 is 5.03 Å². The summed E-state index contributed by atoms with van der Waals surface area (Å²) in [6.07, 6.45) is 0. The number of nitrogens with two attached hydrogens (primary N) is 1. The summed E-state index contributed by atoms with van der Waals surface area (Å²) in [4.78, 5) is 10.2. The van der Waals surface area contributed by atoms with E-state index in [-0.39, 0.29) is 0 Å². The Hall–Kier alpha value is -1.14. The van der Waals surface area contributed by atoms with Crippen LogP contribution in [0.3, 0.4) is 0 Å². The van der Waals surface area contributed by atoms with Gasteiger partial charge >= 0.3 is 0 Å². The molecule has 1 aromatic rings. The molecule has 0 heterocycles. The van der Waals surface area contributed by atoms with Crippen molar-refractivity contribution >= 4 is 21.6 Å². The molecule has 0 amide bonds. The smallest absolute Gasteiger partial charge is 0.181 e. The molecule has 0 spiro atoms. The highest BCUT2D eigenvalue weighted by atomic mass is 79.9. The molecule has 2 N–H and O–H groups in total. The molecule has 0 aliphatic rings. The highest BCUT2D eigenvalue weighted by Crippen LogP contribution is 2.15. The van der Waals surface area contributed by atoms with Crippen LogP contribution >= 0.6 is 15.9 Å². The zero-order valence-electron chi connectivity index (χ0n) is 5.98. The Morgan fingerprint density at radius 2 is 1.92 bits per heavy atom. The molecule has 0 fully saturated rings. The van der Waals surface area contributed by atoms with Gasteiger partial charge in [-0.2, -0.15) is 5.84 Å². The molecular formula is C6H6BrN3O2. The Bertz CT molecular complexity index is 287. The predicted octanol–water partition coefficient (Wildman–Crippen LogP) is 1.32. The van der Waals surface area contributed by atoms with Crippen LogP contribution in [0.2, 0.25) is 0 Å². The number of benzene rings is 1. The minimum Gasteiger partial charge on any atom is -0.233 e. The predicted molar refractivity (Wildman–Crippen MR) is 47.8 cm³/mol. The van der Waals surface area contributed by atoms with Gasteiger partial charge in [-0.3, -0.25) is 0 Å². The highest BCUT2D eigenvalue weighted by Gasteiger charge is 2.09. The standard InChI is InChI=1S/C6H6BrN3O2/c7-5-1-3-6(4-2-5)9(8)10(11)12/h1-4H,8H2. The van der Waals surface area contributed by atoms with E-state index < -0.39 is 5.03 Å². The molecule has 0 saturated heterocycles. The number of rotatable bonds is 2. The van der Waals surface area contributed by atoms with Gasteiger partial charge in [0, 0.05) is 4.47 Å². The Morgan fingerprint density at radius 3 is 2.33 bits per heavy atom. The molecule has 0 aliphatic carbocycles. The average molecular weight is 232 g/mol. The summed E-state index contributed by atoms with van der Waals surface area (Å²) in [5.74, 6) is 5.11. The van der Waals surface area contributed by atoms with E-state index in [1.54, 1.807) is 24.3 Å². The molecule has 0 aliphatic heterocycles. The van der Waals surface area contributed by atoms with Gasteiger partial charge in [-0.05, 0) is 29.4 Å². The molecule has 0 unspecified atom stereocenters. The number of hydrazine groups is 2. The van der Waals surface area contributed by atoms with Gasteiger partial charge in [-0.15, -0.1) is 0 Å². The van der Waals surface area contributed by atoms with Crippen LogP contribution in [-0.2, 0) is 0 Å². The van der Waals surface area contributed by atoms with Crippen molar-refractivity contribution in [2.45, 2.75) is 0 Å². The zero-order chi connectivity index (χ0) is 9.14. The van der Waals surface area contributed by atoms with Crippen LogP contribution in [0.1, 0.15) is 0 Å². The van der Waals surface area contributed by atoms with Crippen LogP contribution in [0.25, 0.3) is 0 Å². The Morgan fingerprint density at radius 1 is 1.42 bits per heavy atom. The third-order valence-corrected chi connectivity index (χ3v) is 1.80. The first-order valence-corrected chi connectivity index (χ1v) is 3.85. The van der Waals surface area contributed by atoms with E-state index in [9.17, 15) is 10.1 Å². The maximum absolute atomic E-state index is 10.2. The Balaban J connectivity index is 2.89. The topological polar surface area (TPSA) is 72.4 Å². The lowest BCUT2D eigenvalue weighted by Crippen LogP contribution is -2.36. The van der Waals surface area contributed by atoms with Crippen LogP contribution in [-0.4, -0.2) is 5.03 Å². The highest BCUT2D eigenvalue weighted by molar-refractivity contribution is 9.10. The van der Waals surface area contributed by atoms with Crippen LogP contribution in [0.4, 0.5) is 5.69 Å². The van der Waals surface area contributed by atoms with E-state index in [2.05, 4.69) is 15.9 Å². The number of hydrogen-bond donors (Lipinski definition) is 1. The van der Waals surface area contributed by atoms with Crippen molar-refractivity contribution in [1.29, 1.82) is 0 Å². The second-order valence-electron chi connectivity index (χ2n) is 2.06. The molecule has 1 rings (SSSR count). The Kier molecular flexibility index (Phi) is 2.61. The van der Waals surface area contributed by atoms with Gasteiger partial charge in [0.1, 0.15) is 5.69 Å². The van der Waals surface area contributed by atoms with Crippen molar-refractivity contribution in [3.63, 3.8) is 0 Å². The molecule has 12 heavy (non-hydrogen) atoms. The molecule has 6 heteroatoms. The van der Waals surface area contributed by atoms with Crippen molar-refractivity contribution in [3.05, 3.63) is 38.9 Å². The lowest BCUT2D eigenvalue weighted by molar-refractivity contribution is -0.496. The number of anilines is 1. The van der Waals surface area contributed by atoms with Crippen molar-refractivity contribution in [2.75, 3.05) is 5.12 Å². The lowest BCUT2D eigenvalue weighted by Gasteiger charge is -2.06. The molecule has 0 bridgehead atoms. The Labute approximate surface area is 77.0 Å². The van der Waals surface area contributed by atoms with Crippen LogP contribution in [0, 0.1) is 10.1 Å². The normalized spacial score (nSPS) is 9.50. The summed E-state index contributed by atoms with van der Waals surface area (Å²) < 4.78 is 0.850. The zero-order valence-corrected chi connectivity index (χ0v) is 7.56. The van der Waals surface area contributed by atoms with Gasteiger partial charge in [-0.1, -0.05) is 15.9 Å². The van der Waals surface area contributed by atoms with Gasteiger partial charge in [0.15, 0.2) is 5.03 Å². The monoisotopic (exact) mass is 231 g/mol. The maximum atomic E-state index is 10.2. The minimum atomic E-state index is -0.691. The van der Waals surface area contributed by atoms with E-state index in [1.165, 1.54) is 0 Å². The van der Waals surface area contributed by atoms with Gasteiger partial charge in [0.25, 0.3) is 0 Å². The summed E-state index contributed by atoms with van der Waals surface area (Å²) in [7, 11) is 0. The third-order valence-electron chi connectivity index (χ3n) is 1.27. The summed E-state index contributed by atoms with van der Waals surface area (Å²) >= 11 is 3.20. The molecule has 0 aromatic heterocycles. The molecule has 0 radical (unpaired) electrons. The van der Waals surface area contributed by atoms with E-state index >= 15 is 0 Å². The first kappa shape index (κ1) is 8.95. The van der Waals surface area contributed by atoms with Crippen LogP contribution in [0.15, 0.2) is 28.7 Å². The molecular weight excluding hydrogens is 226 g/mol. The van der Waals surface area contributed by atoms with Gasteiger partial charge in [-0.25, -0.2) is 10.1 Å². The fourth-order valence-corrected chi connectivity index (χ4v) is 0.952. The van der Waals surface area contributed by atoms with E-state index in [0.29, 0.717) is 10.8 Å². The van der Waals surface area contributed by atoms with Crippen LogP contribution < -0.4 is 11.0 Å². The number of nitro groups is 1. The molecule has 64 valence electrons. The minimum absolute atomic E-state index is 0.336. The van der Waals surface area contributed by atoms with Crippen molar-refractivity contribution in [1.82, 2.24) is 0 Å². The van der Waals surface area contributed by atoms with Crippen LogP contribution in [0.5, 0.6) is 0 Å². The van der Waals surface area contributed by atoms with Gasteiger partial charge in [0.2, 0.25) is 0 Å². The second-order valence-corrected chi connectivity index (χ2v) is 2.97. The second kappa shape index (κ2) is 3.51.